The van der Waals surface area contributed by atoms with Crippen LogP contribution in [0.15, 0.2) is 10.5 Å². The summed E-state index contributed by atoms with van der Waals surface area (Å²) < 4.78 is 11.3. The minimum atomic E-state index is -4.65. The van der Waals surface area contributed by atoms with Crippen molar-refractivity contribution in [2.45, 2.75) is 6.04 Å². The molecule has 2 rings (SSSR count). The van der Waals surface area contributed by atoms with Crippen LogP contribution in [0.2, 0.25) is 0 Å². The van der Waals surface area contributed by atoms with Gasteiger partial charge in [0.15, 0.2) is 10.8 Å². The first-order valence-corrected chi connectivity index (χ1v) is 8.19. The Labute approximate surface area is 128 Å². The molecule has 13 heteroatoms. The first-order valence-electron chi connectivity index (χ1n) is 5.75. The molecular weight excluding hydrogens is 337 g/mol. The second kappa shape index (κ2) is 6.01. The largest absolute Gasteiger partial charge is 0.432 e. The van der Waals surface area contributed by atoms with Crippen molar-refractivity contribution in [2.24, 2.45) is 5.16 Å². The second-order valence-corrected chi connectivity index (χ2v) is 6.55. The van der Waals surface area contributed by atoms with Crippen molar-refractivity contribution in [1.29, 1.82) is 0 Å². The summed E-state index contributed by atoms with van der Waals surface area (Å²) in [6.07, 6.45) is 0. The second-order valence-electron chi connectivity index (χ2n) is 4.15. The Morgan fingerprint density at radius 2 is 2.36 bits per heavy atom. The van der Waals surface area contributed by atoms with Crippen LogP contribution in [0.25, 0.3) is 0 Å². The zero-order chi connectivity index (χ0) is 16.5. The molecule has 2 heterocycles. The Balaban J connectivity index is 2.07. The van der Waals surface area contributed by atoms with E-state index in [2.05, 4.69) is 20.3 Å². The highest BCUT2D eigenvalue weighted by atomic mass is 32.1. The highest BCUT2D eigenvalue weighted by molar-refractivity contribution is 7.50. The van der Waals surface area contributed by atoms with E-state index in [-0.39, 0.29) is 23.1 Å². The number of hydrogen-bond donors (Lipinski definition) is 4. The van der Waals surface area contributed by atoms with Crippen molar-refractivity contribution in [2.75, 3.05) is 19.4 Å². The van der Waals surface area contributed by atoms with Crippen LogP contribution in [0.5, 0.6) is 0 Å². The lowest BCUT2D eigenvalue weighted by atomic mass is 10.1. The summed E-state index contributed by atoms with van der Waals surface area (Å²) in [6.45, 7) is -0.297. The number of oxime groups is 1. The van der Waals surface area contributed by atoms with Crippen LogP contribution in [-0.2, 0) is 19.0 Å². The molecule has 1 aromatic heterocycles. The molecule has 0 unspecified atom stereocenters. The standard InChI is InChI=1S/C9H12N5O6PS/c1-20-13-6(5-3-22-9(10)12-5)7(15)11-4-2-14(8(4)16)21(17,18)19/h3-4H,2H2,1H3,(H2,10,12)(H,11,15)(H2,17,18,19)/t4-/m0/s1. The molecule has 1 saturated heterocycles. The number of nitrogen functional groups attached to an aromatic ring is 1. The summed E-state index contributed by atoms with van der Waals surface area (Å²) in [4.78, 5) is 49.8. The molecule has 1 aliphatic rings. The quantitative estimate of drug-likeness (QED) is 0.215. The molecule has 1 fully saturated rings. The van der Waals surface area contributed by atoms with E-state index in [4.69, 9.17) is 15.5 Å². The van der Waals surface area contributed by atoms with Crippen LogP contribution < -0.4 is 11.1 Å². The predicted octanol–water partition coefficient (Wildman–Crippen LogP) is -1.50. The number of rotatable bonds is 5. The molecule has 1 aliphatic heterocycles. The average molecular weight is 349 g/mol. The fraction of sp³-hybridized carbons (Fsp3) is 0.333. The maximum Gasteiger partial charge on any atom is 0.432 e. The van der Waals surface area contributed by atoms with Gasteiger partial charge >= 0.3 is 7.75 Å². The van der Waals surface area contributed by atoms with Crippen LogP contribution in [0, 0.1) is 0 Å². The van der Waals surface area contributed by atoms with Gasteiger partial charge in [0.05, 0.1) is 6.54 Å². The number of carbonyl (C=O) groups is 2. The van der Waals surface area contributed by atoms with E-state index < -0.39 is 25.6 Å². The molecule has 11 nitrogen and oxygen atoms in total. The molecule has 2 amide bonds. The Bertz CT molecular complexity index is 684. The van der Waals surface area contributed by atoms with Gasteiger partial charge in [-0.15, -0.1) is 11.3 Å². The van der Waals surface area contributed by atoms with Crippen LogP contribution >= 0.6 is 19.1 Å². The minimum absolute atomic E-state index is 0.167. The normalized spacial score (nSPS) is 18.9. The van der Waals surface area contributed by atoms with E-state index in [9.17, 15) is 14.2 Å². The molecule has 0 aliphatic carbocycles. The van der Waals surface area contributed by atoms with Gasteiger partial charge in [0.25, 0.3) is 11.8 Å². The van der Waals surface area contributed by atoms with E-state index in [0.717, 1.165) is 11.3 Å². The van der Waals surface area contributed by atoms with Gasteiger partial charge in [-0.05, 0) is 0 Å². The number of thiazole rings is 1. The Kier molecular flexibility index (Phi) is 4.47. The molecule has 0 saturated carbocycles. The first-order chi connectivity index (χ1) is 10.2. The van der Waals surface area contributed by atoms with E-state index in [1.807, 2.05) is 0 Å². The lowest BCUT2D eigenvalue weighted by Gasteiger charge is -2.37. The third-order valence-electron chi connectivity index (χ3n) is 2.69. The molecule has 5 N–H and O–H groups in total. The summed E-state index contributed by atoms with van der Waals surface area (Å²) in [5.41, 5.74) is 5.44. The van der Waals surface area contributed by atoms with Gasteiger partial charge < -0.3 is 25.7 Å². The third-order valence-corrected chi connectivity index (χ3v) is 4.35. The van der Waals surface area contributed by atoms with E-state index in [1.165, 1.54) is 12.5 Å². The van der Waals surface area contributed by atoms with Gasteiger partial charge in [-0.2, -0.15) is 0 Å². The third kappa shape index (κ3) is 3.25. The monoisotopic (exact) mass is 349 g/mol. The van der Waals surface area contributed by atoms with Gasteiger partial charge in [-0.3, -0.25) is 9.59 Å². The summed E-state index contributed by atoms with van der Waals surface area (Å²) in [7, 11) is -3.42. The summed E-state index contributed by atoms with van der Waals surface area (Å²) >= 11 is 1.09. The summed E-state index contributed by atoms with van der Waals surface area (Å²) in [6, 6.07) is -1.04. The number of nitrogens with one attached hydrogen (secondary N) is 1. The van der Waals surface area contributed by atoms with E-state index in [1.54, 1.807) is 0 Å². The Morgan fingerprint density at radius 3 is 2.82 bits per heavy atom. The average Bonchev–Trinajstić information content (AvgIpc) is 2.84. The van der Waals surface area contributed by atoms with Crippen LogP contribution in [0.1, 0.15) is 5.69 Å². The van der Waals surface area contributed by atoms with Crippen LogP contribution in [0.4, 0.5) is 5.13 Å². The number of amides is 2. The number of nitrogens with zero attached hydrogens (tertiary/aromatic N) is 3. The van der Waals surface area contributed by atoms with Crippen LogP contribution in [-0.4, -0.2) is 56.7 Å². The molecule has 22 heavy (non-hydrogen) atoms. The van der Waals surface area contributed by atoms with Gasteiger partial charge in [0.1, 0.15) is 18.8 Å². The van der Waals surface area contributed by atoms with Crippen molar-refractivity contribution in [3.63, 3.8) is 0 Å². The molecule has 1 atom stereocenters. The zero-order valence-corrected chi connectivity index (χ0v) is 12.9. The lowest BCUT2D eigenvalue weighted by molar-refractivity contribution is -0.140. The zero-order valence-electron chi connectivity index (χ0n) is 11.2. The molecule has 120 valence electrons. The number of hydrogen-bond acceptors (Lipinski definition) is 8. The smallest absolute Gasteiger partial charge is 0.398 e. The Hall–Kier alpha value is -2.01. The maximum absolute atomic E-state index is 12.1. The van der Waals surface area contributed by atoms with Gasteiger partial charge in [-0.25, -0.2) is 14.2 Å². The minimum Gasteiger partial charge on any atom is -0.398 e. The van der Waals surface area contributed by atoms with Crippen molar-refractivity contribution >= 4 is 41.7 Å². The number of anilines is 1. The van der Waals surface area contributed by atoms with Crippen molar-refractivity contribution < 1.29 is 28.8 Å². The molecular formula is C9H12N5O6PS. The summed E-state index contributed by atoms with van der Waals surface area (Å²) in [5, 5.41) is 7.53. The Morgan fingerprint density at radius 1 is 1.68 bits per heavy atom. The maximum atomic E-state index is 12.1. The van der Waals surface area contributed by atoms with E-state index >= 15 is 0 Å². The number of carbonyl (C=O) groups excluding carboxylic acids is 2. The molecule has 0 aromatic carbocycles. The number of nitrogens with two attached hydrogens (primary N) is 1. The van der Waals surface area contributed by atoms with Gasteiger partial charge in [0.2, 0.25) is 0 Å². The van der Waals surface area contributed by atoms with E-state index in [0.29, 0.717) is 4.67 Å². The first kappa shape index (κ1) is 16.4. The van der Waals surface area contributed by atoms with Gasteiger partial charge in [0, 0.05) is 5.38 Å². The number of β-lactam (4-membered cyclic amide) rings is 1. The molecule has 0 spiro atoms. The van der Waals surface area contributed by atoms with Gasteiger partial charge in [-0.1, -0.05) is 5.16 Å². The highest BCUT2D eigenvalue weighted by Gasteiger charge is 2.47. The van der Waals surface area contributed by atoms with Crippen molar-refractivity contribution in [1.82, 2.24) is 15.0 Å². The fourth-order valence-electron chi connectivity index (χ4n) is 1.67. The summed E-state index contributed by atoms with van der Waals surface area (Å²) in [5.74, 6) is -1.65. The van der Waals surface area contributed by atoms with Crippen molar-refractivity contribution in [3.8, 4) is 0 Å². The topological polar surface area (TPSA) is 167 Å². The SMILES string of the molecule is CON=C(C(=O)N[C@H]1CN(P(=O)(O)O)C1=O)c1csc(N)n1. The molecule has 1 aromatic rings. The highest BCUT2D eigenvalue weighted by Crippen LogP contribution is 2.44. The van der Waals surface area contributed by atoms with Crippen LogP contribution in [0.3, 0.4) is 0 Å². The molecule has 0 radical (unpaired) electrons. The predicted molar refractivity (Wildman–Crippen MR) is 75.8 cm³/mol. The van der Waals surface area contributed by atoms with Crippen molar-refractivity contribution in [3.05, 3.63) is 11.1 Å². The number of aromatic nitrogens is 1. The lowest BCUT2D eigenvalue weighted by Crippen LogP contribution is -2.63. The fourth-order valence-corrected chi connectivity index (χ4v) is 2.99. The molecule has 0 bridgehead atoms.